The first kappa shape index (κ1) is 27.1. The van der Waals surface area contributed by atoms with Crippen LogP contribution in [0.15, 0.2) is 60.7 Å². The van der Waals surface area contributed by atoms with Gasteiger partial charge in [-0.15, -0.1) is 0 Å². The van der Waals surface area contributed by atoms with Gasteiger partial charge in [-0.05, 0) is 98.4 Å². The number of benzene rings is 3. The molecule has 5 aliphatic carbocycles. The first-order valence-corrected chi connectivity index (χ1v) is 16.7. The predicted octanol–water partition coefficient (Wildman–Crippen LogP) is 6.71. The van der Waals surface area contributed by atoms with Crippen molar-refractivity contribution in [1.29, 1.82) is 0 Å². The van der Waals surface area contributed by atoms with Crippen LogP contribution in [-0.4, -0.2) is 57.1 Å². The van der Waals surface area contributed by atoms with Crippen LogP contribution in [0.25, 0.3) is 0 Å². The minimum absolute atomic E-state index is 0.0296. The van der Waals surface area contributed by atoms with Crippen molar-refractivity contribution < 1.29 is 18.9 Å². The van der Waals surface area contributed by atoms with Crippen molar-refractivity contribution in [1.82, 2.24) is 4.90 Å². The van der Waals surface area contributed by atoms with Gasteiger partial charge in [-0.25, -0.2) is 0 Å². The van der Waals surface area contributed by atoms with E-state index < -0.39 is 5.60 Å². The van der Waals surface area contributed by atoms with Crippen molar-refractivity contribution in [3.05, 3.63) is 82.9 Å². The lowest BCUT2D eigenvalue weighted by atomic mass is 9.34. The largest absolute Gasteiger partial charge is 0.497 e. The molecule has 6 heteroatoms. The van der Waals surface area contributed by atoms with Crippen LogP contribution in [0.1, 0.15) is 66.7 Å². The van der Waals surface area contributed by atoms with Crippen LogP contribution in [0.5, 0.6) is 17.2 Å². The summed E-state index contributed by atoms with van der Waals surface area (Å²) in [6, 6.07) is 22.4. The Morgan fingerprint density at radius 2 is 1.77 bits per heavy atom. The molecular formula is C38H44N2O4. The maximum atomic E-state index is 7.29. The quantitative estimate of drug-likeness (QED) is 0.298. The topological polar surface area (TPSA) is 52.2 Å². The lowest BCUT2D eigenvalue weighted by molar-refractivity contribution is -0.261. The lowest BCUT2D eigenvalue weighted by Gasteiger charge is -2.74. The number of nitrogens with one attached hydrogen (secondary N) is 1. The van der Waals surface area contributed by atoms with E-state index in [0.29, 0.717) is 6.04 Å². The average Bonchev–Trinajstić information content (AvgIpc) is 3.82. The lowest BCUT2D eigenvalue weighted by Crippen LogP contribution is -2.80. The standard InChI is InChI=1S/C38H44N2O4/c1-41-27-13-10-24(11-14-27)22-39-30-7-5-4-6-28(30)29-21-36-16-17-38(29,43-3)35-37(36)18-19-40(23-25-8-9-25)32(36)20-26-12-15-31(42-2)34(44-35)33(26)37/h4-7,10-15,25,29,32,35,39H,8-9,16-23H2,1-3H3/t29-,32-,35-,36-,37+,38-/m1/s1. The fourth-order valence-corrected chi connectivity index (χ4v) is 10.8. The summed E-state index contributed by atoms with van der Waals surface area (Å²) in [5, 5.41) is 3.83. The molecule has 44 heavy (non-hydrogen) atoms. The molecule has 2 heterocycles. The number of hydrogen-bond acceptors (Lipinski definition) is 6. The van der Waals surface area contributed by atoms with Crippen LogP contribution >= 0.6 is 0 Å². The van der Waals surface area contributed by atoms with Gasteiger partial charge in [0.1, 0.15) is 17.5 Å². The molecule has 4 saturated carbocycles. The Bertz CT molecular complexity index is 1600. The minimum Gasteiger partial charge on any atom is -0.497 e. The van der Waals surface area contributed by atoms with Crippen molar-refractivity contribution in [3.63, 3.8) is 0 Å². The molecule has 0 radical (unpaired) electrons. The smallest absolute Gasteiger partial charge is 0.165 e. The Balaban J connectivity index is 1.16. The molecule has 6 nitrogen and oxygen atoms in total. The van der Waals surface area contributed by atoms with Gasteiger partial charge in [-0.1, -0.05) is 36.4 Å². The van der Waals surface area contributed by atoms with E-state index in [1.54, 1.807) is 14.2 Å². The highest BCUT2D eigenvalue weighted by Gasteiger charge is 2.80. The van der Waals surface area contributed by atoms with Crippen LogP contribution in [0.2, 0.25) is 0 Å². The molecular weight excluding hydrogens is 548 g/mol. The third-order valence-corrected chi connectivity index (χ3v) is 12.8. The minimum atomic E-state index is -0.415. The summed E-state index contributed by atoms with van der Waals surface area (Å²) in [7, 11) is 5.45. The highest BCUT2D eigenvalue weighted by atomic mass is 16.6. The van der Waals surface area contributed by atoms with Gasteiger partial charge in [0.2, 0.25) is 0 Å². The van der Waals surface area contributed by atoms with E-state index in [1.807, 2.05) is 19.2 Å². The van der Waals surface area contributed by atoms with Crippen LogP contribution in [0.4, 0.5) is 5.69 Å². The number of piperidine rings is 1. The van der Waals surface area contributed by atoms with Gasteiger partial charge in [-0.2, -0.15) is 0 Å². The normalized spacial score (nSPS) is 34.3. The highest BCUT2D eigenvalue weighted by molar-refractivity contribution is 5.65. The fourth-order valence-electron chi connectivity index (χ4n) is 10.8. The molecule has 2 aliphatic heterocycles. The molecule has 1 N–H and O–H groups in total. The van der Waals surface area contributed by atoms with E-state index in [4.69, 9.17) is 18.9 Å². The number of para-hydroxylation sites is 1. The maximum Gasteiger partial charge on any atom is 0.165 e. The van der Waals surface area contributed by atoms with Crippen LogP contribution in [0.3, 0.4) is 0 Å². The zero-order valence-corrected chi connectivity index (χ0v) is 26.2. The summed E-state index contributed by atoms with van der Waals surface area (Å²) in [5.41, 5.74) is 6.44. The van der Waals surface area contributed by atoms with E-state index in [1.165, 1.54) is 53.7 Å². The number of nitrogens with zero attached hydrogens (tertiary/aromatic N) is 1. The Labute approximate surface area is 261 Å². The molecule has 0 aromatic heterocycles. The third-order valence-electron chi connectivity index (χ3n) is 12.8. The van der Waals surface area contributed by atoms with E-state index in [-0.39, 0.29) is 22.9 Å². The van der Waals surface area contributed by atoms with Gasteiger partial charge in [0.05, 0.1) is 14.2 Å². The summed E-state index contributed by atoms with van der Waals surface area (Å²) < 4.78 is 25.5. The van der Waals surface area contributed by atoms with Crippen LogP contribution in [0, 0.1) is 11.3 Å². The van der Waals surface area contributed by atoms with Crippen molar-refractivity contribution in [2.45, 2.75) is 80.6 Å². The van der Waals surface area contributed by atoms with Gasteiger partial charge < -0.3 is 24.3 Å². The summed E-state index contributed by atoms with van der Waals surface area (Å²) in [6.07, 6.45) is 8.36. The van der Waals surface area contributed by atoms with Gasteiger partial charge in [0.25, 0.3) is 0 Å². The molecule has 1 saturated heterocycles. The Kier molecular flexibility index (Phi) is 5.94. The number of methoxy groups -OCH3 is 3. The molecule has 7 aliphatic rings. The molecule has 4 bridgehead atoms. The van der Waals surface area contributed by atoms with E-state index in [0.717, 1.165) is 61.9 Å². The second-order valence-corrected chi connectivity index (χ2v) is 14.4. The molecule has 3 aromatic carbocycles. The van der Waals surface area contributed by atoms with Crippen LogP contribution in [-0.2, 0) is 23.1 Å². The van der Waals surface area contributed by atoms with Crippen molar-refractivity contribution in [3.8, 4) is 17.2 Å². The molecule has 2 spiro atoms. The second kappa shape index (κ2) is 9.64. The van der Waals surface area contributed by atoms with E-state index >= 15 is 0 Å². The van der Waals surface area contributed by atoms with Gasteiger partial charge in [-0.3, -0.25) is 4.90 Å². The molecule has 0 unspecified atom stereocenters. The van der Waals surface area contributed by atoms with Gasteiger partial charge in [0, 0.05) is 54.2 Å². The summed E-state index contributed by atoms with van der Waals surface area (Å²) in [6.45, 7) is 3.17. The molecule has 10 rings (SSSR count). The van der Waals surface area contributed by atoms with E-state index in [2.05, 4.69) is 58.7 Å². The van der Waals surface area contributed by atoms with Crippen molar-refractivity contribution >= 4 is 5.69 Å². The maximum absolute atomic E-state index is 7.29. The SMILES string of the molecule is COc1ccc(CNc2ccccc2[C@H]2C[C@@]34CC[C@]2(OC)[C@@H]2Oc5c(OC)ccc6c5[C@@]23CCN(CC2CC2)[C@@H]4C6)cc1. The molecule has 0 amide bonds. The zero-order chi connectivity index (χ0) is 29.7. The summed E-state index contributed by atoms with van der Waals surface area (Å²) >= 11 is 0. The Hall–Kier alpha value is -3.22. The molecule has 230 valence electrons. The Morgan fingerprint density at radius 1 is 0.932 bits per heavy atom. The molecule has 5 fully saturated rings. The second-order valence-electron chi connectivity index (χ2n) is 14.4. The monoisotopic (exact) mass is 592 g/mol. The summed E-state index contributed by atoms with van der Waals surface area (Å²) in [5.74, 6) is 3.87. The van der Waals surface area contributed by atoms with Gasteiger partial charge in [0.15, 0.2) is 11.5 Å². The molecule has 6 atom stereocenters. The number of fused-ring (bicyclic) bond motifs is 2. The average molecular weight is 593 g/mol. The van der Waals surface area contributed by atoms with Crippen LogP contribution < -0.4 is 19.5 Å². The third kappa shape index (κ3) is 3.44. The number of anilines is 1. The Morgan fingerprint density at radius 3 is 2.55 bits per heavy atom. The number of hydrogen-bond donors (Lipinski definition) is 1. The van der Waals surface area contributed by atoms with Crippen molar-refractivity contribution in [2.75, 3.05) is 39.7 Å². The first-order chi connectivity index (χ1) is 21.6. The van der Waals surface area contributed by atoms with E-state index in [9.17, 15) is 0 Å². The fraction of sp³-hybridized carbons (Fsp3) is 0.526. The summed E-state index contributed by atoms with van der Waals surface area (Å²) in [4.78, 5) is 2.92. The number of ether oxygens (including phenoxy) is 4. The van der Waals surface area contributed by atoms with Crippen molar-refractivity contribution in [2.24, 2.45) is 11.3 Å². The number of rotatable bonds is 9. The predicted molar refractivity (Wildman–Crippen MR) is 171 cm³/mol. The van der Waals surface area contributed by atoms with Gasteiger partial charge >= 0.3 is 0 Å². The highest BCUT2D eigenvalue weighted by Crippen LogP contribution is 2.78. The zero-order valence-electron chi connectivity index (χ0n) is 26.2. The molecule has 3 aromatic rings. The first-order valence-electron chi connectivity index (χ1n) is 16.7. The number of likely N-dealkylation sites (tertiary alicyclic amines) is 1.